The summed E-state index contributed by atoms with van der Waals surface area (Å²) in [5.41, 5.74) is 12.7. The number of hydrogen-bond acceptors (Lipinski definition) is 1. The third-order valence-corrected chi connectivity index (χ3v) is 9.48. The highest BCUT2D eigenvalue weighted by molar-refractivity contribution is 6.14. The summed E-state index contributed by atoms with van der Waals surface area (Å²) in [5.74, 6) is 0. The van der Waals surface area contributed by atoms with Gasteiger partial charge in [0.15, 0.2) is 0 Å². The normalized spacial score (nSPS) is 13.0. The van der Waals surface area contributed by atoms with Gasteiger partial charge in [0, 0.05) is 17.3 Å². The van der Waals surface area contributed by atoms with Crippen molar-refractivity contribution in [1.29, 1.82) is 0 Å². The number of H-pyrrole nitrogens is 1. The van der Waals surface area contributed by atoms with Gasteiger partial charge in [0.05, 0.1) is 16.9 Å². The summed E-state index contributed by atoms with van der Waals surface area (Å²) in [4.78, 5) is 8.89. The molecule has 0 saturated heterocycles. The van der Waals surface area contributed by atoms with Crippen molar-refractivity contribution in [2.45, 2.75) is 12.8 Å². The summed E-state index contributed by atoms with van der Waals surface area (Å²) in [6, 6.07) is 50.7. The van der Waals surface area contributed by atoms with Crippen LogP contribution in [0.4, 0.5) is 0 Å². The molecule has 6 aromatic carbocycles. The number of aromatic nitrogens is 2. The molecular formula is C45H32N2. The van der Waals surface area contributed by atoms with Crippen molar-refractivity contribution < 1.29 is 0 Å². The summed E-state index contributed by atoms with van der Waals surface area (Å²) < 4.78 is 0. The number of nitrogens with zero attached hydrogens (tertiary/aromatic N) is 1. The molecule has 2 aromatic heterocycles. The zero-order valence-electron chi connectivity index (χ0n) is 25.9. The highest BCUT2D eigenvalue weighted by atomic mass is 14.7. The van der Waals surface area contributed by atoms with Crippen LogP contribution in [0.3, 0.4) is 0 Å². The largest absolute Gasteiger partial charge is 0.361 e. The van der Waals surface area contributed by atoms with Gasteiger partial charge in [-0.05, 0) is 116 Å². The van der Waals surface area contributed by atoms with Crippen molar-refractivity contribution in [3.8, 4) is 44.6 Å². The fourth-order valence-corrected chi connectivity index (χ4v) is 7.16. The van der Waals surface area contributed by atoms with Gasteiger partial charge in [-0.15, -0.1) is 0 Å². The standard InChI is InChI=1S/C45H32N2/c1-3-12-30(13-4-1)34-28-43(31-14-5-2-6-15-31)47-44(29-34)37-25-35(39-21-11-17-32-22-23-46-45(32)39)24-36(26-37)42-27-33-16-7-8-18-38(33)40-19-9-10-20-41(40)42/h1-5,7-14,16-29,46H,6,15H2. The average Bonchev–Trinajstić information content (AvgIpc) is 3.64. The fourth-order valence-electron chi connectivity index (χ4n) is 7.16. The highest BCUT2D eigenvalue weighted by Gasteiger charge is 2.16. The zero-order chi connectivity index (χ0) is 31.2. The second-order valence-electron chi connectivity index (χ2n) is 12.4. The van der Waals surface area contributed by atoms with E-state index in [9.17, 15) is 0 Å². The molecule has 2 heterocycles. The van der Waals surface area contributed by atoms with Crippen molar-refractivity contribution in [1.82, 2.24) is 9.97 Å². The second-order valence-corrected chi connectivity index (χ2v) is 12.4. The average molecular weight is 601 g/mol. The van der Waals surface area contributed by atoms with Crippen molar-refractivity contribution in [2.24, 2.45) is 0 Å². The number of hydrogen-bond donors (Lipinski definition) is 1. The minimum atomic E-state index is 0.976. The van der Waals surface area contributed by atoms with E-state index < -0.39 is 0 Å². The third kappa shape index (κ3) is 4.95. The maximum atomic E-state index is 5.38. The first-order valence-corrected chi connectivity index (χ1v) is 16.3. The van der Waals surface area contributed by atoms with Gasteiger partial charge in [0.2, 0.25) is 0 Å². The number of benzene rings is 6. The Morgan fingerprint density at radius 3 is 2.06 bits per heavy atom. The third-order valence-electron chi connectivity index (χ3n) is 9.48. The van der Waals surface area contributed by atoms with Crippen LogP contribution in [0, 0.1) is 0 Å². The molecule has 0 aliphatic heterocycles. The molecule has 1 N–H and O–H groups in total. The van der Waals surface area contributed by atoms with E-state index in [4.69, 9.17) is 4.98 Å². The quantitative estimate of drug-likeness (QED) is 0.196. The maximum Gasteiger partial charge on any atom is 0.0715 e. The Morgan fingerprint density at radius 2 is 1.21 bits per heavy atom. The molecule has 0 unspecified atom stereocenters. The van der Waals surface area contributed by atoms with Crippen molar-refractivity contribution >= 4 is 38.0 Å². The molecule has 47 heavy (non-hydrogen) atoms. The molecule has 0 fully saturated rings. The molecule has 0 radical (unpaired) electrons. The molecule has 222 valence electrons. The monoisotopic (exact) mass is 600 g/mol. The van der Waals surface area contributed by atoms with Gasteiger partial charge in [0.1, 0.15) is 0 Å². The van der Waals surface area contributed by atoms with Crippen LogP contribution in [-0.4, -0.2) is 9.97 Å². The summed E-state index contributed by atoms with van der Waals surface area (Å²) in [5, 5.41) is 6.23. The van der Waals surface area contributed by atoms with Crippen molar-refractivity contribution in [2.75, 3.05) is 0 Å². The van der Waals surface area contributed by atoms with Gasteiger partial charge in [-0.1, -0.05) is 115 Å². The number of fused-ring (bicyclic) bond motifs is 4. The molecule has 2 nitrogen and oxygen atoms in total. The van der Waals surface area contributed by atoms with Crippen LogP contribution in [-0.2, 0) is 0 Å². The maximum absolute atomic E-state index is 5.38. The first-order valence-electron chi connectivity index (χ1n) is 16.3. The van der Waals surface area contributed by atoms with Crippen LogP contribution >= 0.6 is 0 Å². The first-order chi connectivity index (χ1) is 23.3. The Bertz CT molecular complexity index is 2510. The lowest BCUT2D eigenvalue weighted by molar-refractivity contribution is 1.04. The van der Waals surface area contributed by atoms with E-state index in [0.29, 0.717) is 0 Å². The van der Waals surface area contributed by atoms with Crippen LogP contribution in [0.15, 0.2) is 164 Å². The van der Waals surface area contributed by atoms with Crippen LogP contribution in [0.1, 0.15) is 18.5 Å². The molecule has 8 aromatic rings. The molecular weight excluding hydrogens is 569 g/mol. The molecule has 0 saturated carbocycles. The second kappa shape index (κ2) is 11.4. The van der Waals surface area contributed by atoms with Crippen LogP contribution in [0.25, 0.3) is 82.7 Å². The van der Waals surface area contributed by atoms with E-state index in [2.05, 4.69) is 163 Å². The zero-order valence-corrected chi connectivity index (χ0v) is 25.9. The Kier molecular flexibility index (Phi) is 6.64. The fraction of sp³-hybridized carbons (Fsp3) is 0.0444. The van der Waals surface area contributed by atoms with Crippen LogP contribution in [0.5, 0.6) is 0 Å². The predicted octanol–water partition coefficient (Wildman–Crippen LogP) is 12.3. The summed E-state index contributed by atoms with van der Waals surface area (Å²) in [6.07, 6.45) is 10.7. The Morgan fingerprint density at radius 1 is 0.489 bits per heavy atom. The number of aromatic amines is 1. The van der Waals surface area contributed by atoms with Gasteiger partial charge >= 0.3 is 0 Å². The van der Waals surface area contributed by atoms with Gasteiger partial charge < -0.3 is 4.98 Å². The van der Waals surface area contributed by atoms with E-state index in [0.717, 1.165) is 40.9 Å². The molecule has 0 spiro atoms. The van der Waals surface area contributed by atoms with E-state index in [1.807, 2.05) is 6.20 Å². The number of pyridine rings is 1. The Balaban J connectivity index is 1.33. The summed E-state index contributed by atoms with van der Waals surface area (Å²) in [7, 11) is 0. The lowest BCUT2D eigenvalue weighted by Gasteiger charge is -2.17. The molecule has 1 aliphatic carbocycles. The van der Waals surface area contributed by atoms with E-state index in [1.54, 1.807) is 0 Å². The molecule has 9 rings (SSSR count). The SMILES string of the molecule is C1=CCCC(c2cc(-c3ccccc3)cc(-c3cc(-c4cc5ccccc5c5ccccc45)cc(-c4cccc5cc[nH]c45)c3)n2)=C1. The van der Waals surface area contributed by atoms with Crippen LogP contribution < -0.4 is 0 Å². The lowest BCUT2D eigenvalue weighted by atomic mass is 9.89. The molecule has 0 bridgehead atoms. The van der Waals surface area contributed by atoms with Crippen molar-refractivity contribution in [3.63, 3.8) is 0 Å². The Hall–Kier alpha value is -5.99. The molecule has 2 heteroatoms. The molecule has 0 amide bonds. The molecule has 1 aliphatic rings. The number of para-hydroxylation sites is 1. The van der Waals surface area contributed by atoms with Gasteiger partial charge in [-0.3, -0.25) is 0 Å². The van der Waals surface area contributed by atoms with E-state index >= 15 is 0 Å². The smallest absolute Gasteiger partial charge is 0.0715 e. The summed E-state index contributed by atoms with van der Waals surface area (Å²) >= 11 is 0. The van der Waals surface area contributed by atoms with Gasteiger partial charge in [-0.25, -0.2) is 4.98 Å². The predicted molar refractivity (Wildman–Crippen MR) is 199 cm³/mol. The number of allylic oxidation sites excluding steroid dienone is 4. The summed E-state index contributed by atoms with van der Waals surface area (Å²) in [6.45, 7) is 0. The van der Waals surface area contributed by atoms with Crippen LogP contribution in [0.2, 0.25) is 0 Å². The molecule has 0 atom stereocenters. The highest BCUT2D eigenvalue weighted by Crippen LogP contribution is 2.41. The topological polar surface area (TPSA) is 28.7 Å². The minimum Gasteiger partial charge on any atom is -0.361 e. The first kappa shape index (κ1) is 27.3. The van der Waals surface area contributed by atoms with Gasteiger partial charge in [-0.2, -0.15) is 0 Å². The van der Waals surface area contributed by atoms with Crippen molar-refractivity contribution in [3.05, 3.63) is 170 Å². The number of rotatable bonds is 5. The van der Waals surface area contributed by atoms with Gasteiger partial charge in [0.25, 0.3) is 0 Å². The van der Waals surface area contributed by atoms with E-state index in [-0.39, 0.29) is 0 Å². The number of nitrogens with one attached hydrogen (secondary N) is 1. The Labute approximate surface area is 274 Å². The minimum absolute atomic E-state index is 0.976. The van der Waals surface area contributed by atoms with E-state index in [1.165, 1.54) is 60.3 Å². The lowest BCUT2D eigenvalue weighted by Crippen LogP contribution is -1.97.